The van der Waals surface area contributed by atoms with Gasteiger partial charge in [-0.1, -0.05) is 139 Å². The highest BCUT2D eigenvalue weighted by Gasteiger charge is 2.16. The third-order valence-corrected chi connectivity index (χ3v) is 10.6. The number of allylic oxidation sites excluding steroid dienone is 4. The SMILES string of the molecule is C#C/C(=C\C=C/C)c1cc(-c2ccc(N(c3ccc(-c4ccc(-c5ccccc5)cc4)cc3)c3ccc(-c4ccc5oc6ccccc6c5c4)cc3)cc2)ccc1O. The summed E-state index contributed by atoms with van der Waals surface area (Å²) in [5, 5.41) is 12.9. The fourth-order valence-electron chi connectivity index (χ4n) is 7.59. The molecule has 0 amide bonds. The van der Waals surface area contributed by atoms with Crippen LogP contribution in [-0.4, -0.2) is 5.11 Å². The van der Waals surface area contributed by atoms with Gasteiger partial charge in [0.2, 0.25) is 0 Å². The van der Waals surface area contributed by atoms with Crippen LogP contribution in [-0.2, 0) is 0 Å². The number of hydrogen-bond acceptors (Lipinski definition) is 3. The van der Waals surface area contributed by atoms with Gasteiger partial charge < -0.3 is 14.4 Å². The second kappa shape index (κ2) is 15.7. The first-order valence-electron chi connectivity index (χ1n) is 19.4. The summed E-state index contributed by atoms with van der Waals surface area (Å²) in [6, 6.07) is 65.4. The monoisotopic (exact) mass is 745 g/mol. The summed E-state index contributed by atoms with van der Waals surface area (Å²) in [7, 11) is 0. The number of phenols is 1. The summed E-state index contributed by atoms with van der Waals surface area (Å²) in [6.45, 7) is 1.93. The molecule has 3 nitrogen and oxygen atoms in total. The molecule has 0 aliphatic carbocycles. The fraction of sp³-hybridized carbons (Fsp3) is 0.0182. The van der Waals surface area contributed by atoms with Crippen LogP contribution in [0.1, 0.15) is 12.5 Å². The van der Waals surface area contributed by atoms with Gasteiger partial charge in [0, 0.05) is 39.0 Å². The first-order valence-corrected chi connectivity index (χ1v) is 19.4. The van der Waals surface area contributed by atoms with Crippen LogP contribution in [0.2, 0.25) is 0 Å². The highest BCUT2D eigenvalue weighted by Crippen LogP contribution is 2.39. The smallest absolute Gasteiger partial charge is 0.135 e. The van der Waals surface area contributed by atoms with Gasteiger partial charge in [0.05, 0.1) is 0 Å². The summed E-state index contributed by atoms with van der Waals surface area (Å²) < 4.78 is 6.10. The van der Waals surface area contributed by atoms with Gasteiger partial charge in [0.25, 0.3) is 0 Å². The molecule has 0 saturated heterocycles. The summed E-state index contributed by atoms with van der Waals surface area (Å²) in [5.41, 5.74) is 15.1. The van der Waals surface area contributed by atoms with Crippen molar-refractivity contribution in [2.24, 2.45) is 0 Å². The van der Waals surface area contributed by atoms with Crippen LogP contribution in [0.25, 0.3) is 72.0 Å². The lowest BCUT2D eigenvalue weighted by Crippen LogP contribution is -2.09. The summed E-state index contributed by atoms with van der Waals surface area (Å²) in [4.78, 5) is 2.28. The van der Waals surface area contributed by atoms with Gasteiger partial charge in [-0.15, -0.1) is 6.42 Å². The van der Waals surface area contributed by atoms with E-state index in [4.69, 9.17) is 10.8 Å². The molecule has 3 heteroatoms. The zero-order valence-electron chi connectivity index (χ0n) is 32.0. The molecular formula is C55H39NO2. The van der Waals surface area contributed by atoms with Gasteiger partial charge in [0.1, 0.15) is 16.9 Å². The van der Waals surface area contributed by atoms with Crippen LogP contribution in [0.15, 0.2) is 211 Å². The van der Waals surface area contributed by atoms with Crippen molar-refractivity contribution in [2.75, 3.05) is 4.90 Å². The second-order valence-electron chi connectivity index (χ2n) is 14.2. The van der Waals surface area contributed by atoms with Crippen molar-refractivity contribution in [1.82, 2.24) is 0 Å². The van der Waals surface area contributed by atoms with Crippen LogP contribution >= 0.6 is 0 Å². The van der Waals surface area contributed by atoms with Crippen molar-refractivity contribution < 1.29 is 9.52 Å². The van der Waals surface area contributed by atoms with E-state index in [-0.39, 0.29) is 5.75 Å². The van der Waals surface area contributed by atoms with E-state index in [2.05, 4.69) is 162 Å². The van der Waals surface area contributed by atoms with E-state index in [1.807, 2.05) is 55.5 Å². The lowest BCUT2D eigenvalue weighted by Gasteiger charge is -2.26. The molecular weight excluding hydrogens is 707 g/mol. The molecule has 9 rings (SSSR count). The first-order chi connectivity index (χ1) is 28.6. The third kappa shape index (κ3) is 7.07. The molecule has 0 radical (unpaired) electrons. The van der Waals surface area contributed by atoms with E-state index in [0.29, 0.717) is 11.1 Å². The van der Waals surface area contributed by atoms with Gasteiger partial charge in [0.15, 0.2) is 0 Å². The van der Waals surface area contributed by atoms with Gasteiger partial charge in [-0.2, -0.15) is 0 Å². The Labute approximate surface area is 339 Å². The van der Waals surface area contributed by atoms with Crippen molar-refractivity contribution in [1.29, 1.82) is 0 Å². The molecule has 276 valence electrons. The van der Waals surface area contributed by atoms with E-state index in [9.17, 15) is 5.11 Å². The number of nitrogens with zero attached hydrogens (tertiary/aromatic N) is 1. The minimum atomic E-state index is 0.150. The summed E-state index contributed by atoms with van der Waals surface area (Å²) >= 11 is 0. The van der Waals surface area contributed by atoms with Crippen LogP contribution in [0.5, 0.6) is 5.75 Å². The Hall–Kier alpha value is -7.80. The van der Waals surface area contributed by atoms with Gasteiger partial charge in [-0.05, 0) is 124 Å². The van der Waals surface area contributed by atoms with Crippen LogP contribution in [0, 0.1) is 12.3 Å². The van der Waals surface area contributed by atoms with Gasteiger partial charge in [-0.3, -0.25) is 0 Å². The van der Waals surface area contributed by atoms with Crippen LogP contribution in [0.3, 0.4) is 0 Å². The molecule has 8 aromatic carbocycles. The van der Waals surface area contributed by atoms with E-state index in [0.717, 1.165) is 72.4 Å². The average molecular weight is 746 g/mol. The number of aromatic hydroxyl groups is 1. The molecule has 0 unspecified atom stereocenters. The number of rotatable bonds is 9. The maximum absolute atomic E-state index is 10.7. The highest BCUT2D eigenvalue weighted by molar-refractivity contribution is 6.06. The van der Waals surface area contributed by atoms with Crippen LogP contribution in [0.4, 0.5) is 17.1 Å². The Morgan fingerprint density at radius 1 is 0.500 bits per heavy atom. The molecule has 0 saturated carbocycles. The van der Waals surface area contributed by atoms with Crippen molar-refractivity contribution in [3.05, 3.63) is 212 Å². The molecule has 58 heavy (non-hydrogen) atoms. The predicted molar refractivity (Wildman–Crippen MR) is 243 cm³/mol. The molecule has 1 heterocycles. The van der Waals surface area contributed by atoms with Crippen molar-refractivity contribution in [3.63, 3.8) is 0 Å². The van der Waals surface area contributed by atoms with E-state index < -0.39 is 0 Å². The lowest BCUT2D eigenvalue weighted by atomic mass is 9.97. The van der Waals surface area contributed by atoms with Gasteiger partial charge in [-0.25, -0.2) is 0 Å². The third-order valence-electron chi connectivity index (χ3n) is 10.6. The maximum atomic E-state index is 10.7. The molecule has 0 aliphatic heterocycles. The van der Waals surface area contributed by atoms with Crippen molar-refractivity contribution in [3.8, 4) is 62.6 Å². The minimum absolute atomic E-state index is 0.150. The molecule has 9 aromatic rings. The Bertz CT molecular complexity index is 2980. The lowest BCUT2D eigenvalue weighted by molar-refractivity contribution is 0.474. The Balaban J connectivity index is 1.06. The Kier molecular flexibility index (Phi) is 9.74. The summed E-state index contributed by atoms with van der Waals surface area (Å²) in [6.07, 6.45) is 11.5. The van der Waals surface area contributed by atoms with Crippen LogP contribution < -0.4 is 4.90 Å². The largest absolute Gasteiger partial charge is 0.507 e. The van der Waals surface area contributed by atoms with E-state index in [1.54, 1.807) is 6.07 Å². The Morgan fingerprint density at radius 3 is 1.52 bits per heavy atom. The summed E-state index contributed by atoms with van der Waals surface area (Å²) in [5.74, 6) is 2.87. The molecule has 0 bridgehead atoms. The molecule has 0 atom stereocenters. The first kappa shape index (κ1) is 35.9. The zero-order valence-corrected chi connectivity index (χ0v) is 32.0. The van der Waals surface area contributed by atoms with Crippen molar-refractivity contribution >= 4 is 44.6 Å². The topological polar surface area (TPSA) is 36.6 Å². The highest BCUT2D eigenvalue weighted by atomic mass is 16.3. The van der Waals surface area contributed by atoms with Crippen molar-refractivity contribution in [2.45, 2.75) is 6.92 Å². The van der Waals surface area contributed by atoms with E-state index >= 15 is 0 Å². The maximum Gasteiger partial charge on any atom is 0.135 e. The number of terminal acetylenes is 1. The molecule has 0 spiro atoms. The van der Waals surface area contributed by atoms with E-state index in [1.165, 1.54) is 11.1 Å². The molecule has 0 aliphatic rings. The normalized spacial score (nSPS) is 11.6. The standard InChI is InChI=1S/C55H39NO2/c1-3-5-11-38(4-2)51-36-45(26-34-53(51)57)43-22-30-48(31-23-43)56(47-28-20-42(21-29-47)41-18-16-40(17-19-41)39-12-7-6-8-13-39)49-32-24-44(25-33-49)46-27-35-55-52(37-46)50-14-9-10-15-54(50)58-55/h2-3,5-37,57H,1H3/b5-3-,38-11+. The number of phenolic OH excluding ortho intramolecular Hbond substituents is 1. The molecule has 1 aromatic heterocycles. The number of benzene rings is 8. The number of fused-ring (bicyclic) bond motifs is 3. The average Bonchev–Trinajstić information content (AvgIpc) is 3.66. The number of hydrogen-bond donors (Lipinski definition) is 1. The molecule has 1 N–H and O–H groups in total. The number of anilines is 3. The molecule has 0 fully saturated rings. The van der Waals surface area contributed by atoms with Gasteiger partial charge >= 0.3 is 0 Å². The fourth-order valence-corrected chi connectivity index (χ4v) is 7.59. The predicted octanol–water partition coefficient (Wildman–Crippen LogP) is 15.0. The number of furan rings is 1. The second-order valence-corrected chi connectivity index (χ2v) is 14.2. The minimum Gasteiger partial charge on any atom is -0.507 e. The zero-order chi connectivity index (χ0) is 39.4. The quantitative estimate of drug-likeness (QED) is 0.118. The Morgan fingerprint density at radius 2 is 0.948 bits per heavy atom. The number of para-hydroxylation sites is 1.